The summed E-state index contributed by atoms with van der Waals surface area (Å²) < 4.78 is 6.08. The van der Waals surface area contributed by atoms with Gasteiger partial charge >= 0.3 is 29.6 Å². The van der Waals surface area contributed by atoms with Gasteiger partial charge in [-0.3, -0.25) is 0 Å². The van der Waals surface area contributed by atoms with Crippen LogP contribution in [-0.2, 0) is 4.79 Å². The Hall–Kier alpha value is 0.670. The fourth-order valence-corrected chi connectivity index (χ4v) is 0. The average molecular weight is 69.1 g/mol. The zero-order chi connectivity index (χ0) is 3.41. The van der Waals surface area contributed by atoms with Crippen LogP contribution >= 0.6 is 0 Å². The maximum atomic E-state index is 8.99. The van der Waals surface area contributed by atoms with Gasteiger partial charge in [0.25, 0.3) is 0 Å². The molecule has 0 fully saturated rings. The van der Waals surface area contributed by atoms with Crippen molar-refractivity contribution in [2.45, 2.75) is 6.90 Å². The van der Waals surface area contributed by atoms with E-state index in [1.807, 2.05) is 0 Å². The molecular weight excluding hydrogens is 63.0 g/mol. The molecule has 0 unspecified atom stereocenters. The van der Waals surface area contributed by atoms with Crippen LogP contribution < -0.4 is 0 Å². The Bertz CT molecular complexity index is 23.6. The Morgan fingerprint density at radius 3 is 2.50 bits per heavy atom. The first-order chi connectivity index (χ1) is 1.91. The van der Waals surface area contributed by atoms with Crippen molar-refractivity contribution >= 4 is 35.8 Å². The molecule has 0 bridgehead atoms. The third-order valence-electron chi connectivity index (χ3n) is 0. The van der Waals surface area contributed by atoms with E-state index in [1.54, 1.807) is 0 Å². The monoisotopic (exact) mass is 69.0 g/mol. The molecule has 0 heterocycles. The fourth-order valence-electron chi connectivity index (χ4n) is 0. The Morgan fingerprint density at radius 1 is 2.25 bits per heavy atom. The van der Waals surface area contributed by atoms with Crippen molar-refractivity contribution < 1.29 is 6.17 Å². The number of carbonyl (C=O) groups is 1. The number of rotatable bonds is 0. The molecule has 0 aromatic rings. The predicted molar refractivity (Wildman–Crippen MR) is 18.9 cm³/mol. The van der Waals surface area contributed by atoms with Crippen LogP contribution in [0.15, 0.2) is 0 Å². The molecule has 0 spiro atoms. The standard InChI is InChI=1S/C2H4O.Na.H/c1-2-3;;/h2H,1H3;;/i1D;;. The van der Waals surface area contributed by atoms with Crippen molar-refractivity contribution in [3.8, 4) is 0 Å². The van der Waals surface area contributed by atoms with Gasteiger partial charge in [-0.15, -0.1) is 0 Å². The first-order valence-electron chi connectivity index (χ1n) is 1.35. The zero-order valence-corrected chi connectivity index (χ0v) is 1.69. The molecule has 20 valence electrons. The molecule has 0 amide bonds. The molecule has 0 aliphatic rings. The van der Waals surface area contributed by atoms with Gasteiger partial charge < -0.3 is 4.79 Å². The van der Waals surface area contributed by atoms with E-state index in [0.717, 1.165) is 0 Å². The third-order valence-corrected chi connectivity index (χ3v) is 0. The van der Waals surface area contributed by atoms with Crippen LogP contribution in [-0.4, -0.2) is 35.8 Å². The molecule has 4 heavy (non-hydrogen) atoms. The number of hydrogen-bond donors (Lipinski definition) is 0. The molecule has 0 atom stereocenters. The summed E-state index contributed by atoms with van der Waals surface area (Å²) in [6.45, 7) is -0.111. The number of aldehydes is 1. The summed E-state index contributed by atoms with van der Waals surface area (Å²) >= 11 is 0. The molecule has 0 aliphatic heterocycles. The van der Waals surface area contributed by atoms with E-state index in [4.69, 9.17) is 6.17 Å². The van der Waals surface area contributed by atoms with Gasteiger partial charge in [0, 0.05) is 1.37 Å². The molecule has 0 N–H and O–H groups in total. The Morgan fingerprint density at radius 2 is 2.50 bits per heavy atom. The van der Waals surface area contributed by atoms with Crippen LogP contribution in [0.2, 0.25) is 0 Å². The van der Waals surface area contributed by atoms with Crippen LogP contribution in [0, 0.1) is 0 Å². The van der Waals surface area contributed by atoms with Crippen LogP contribution in [0.5, 0.6) is 0 Å². The van der Waals surface area contributed by atoms with Crippen LogP contribution in [0.1, 0.15) is 8.27 Å². The van der Waals surface area contributed by atoms with Crippen molar-refractivity contribution in [3.05, 3.63) is 0 Å². The molecule has 0 aliphatic carbocycles. The van der Waals surface area contributed by atoms with E-state index >= 15 is 0 Å². The molecule has 0 rings (SSSR count). The van der Waals surface area contributed by atoms with Crippen molar-refractivity contribution in [1.82, 2.24) is 0 Å². The third kappa shape index (κ3) is 16.6. The van der Waals surface area contributed by atoms with Gasteiger partial charge in [0.15, 0.2) is 0 Å². The summed E-state index contributed by atoms with van der Waals surface area (Å²) in [6, 6.07) is 0. The summed E-state index contributed by atoms with van der Waals surface area (Å²) in [6.07, 6.45) is 0.542. The van der Waals surface area contributed by atoms with Crippen LogP contribution in [0.4, 0.5) is 0 Å². The summed E-state index contributed by atoms with van der Waals surface area (Å²) in [5.74, 6) is 0. The van der Waals surface area contributed by atoms with Gasteiger partial charge in [0.2, 0.25) is 0 Å². The molecule has 0 saturated carbocycles. The van der Waals surface area contributed by atoms with E-state index in [-0.39, 0.29) is 36.5 Å². The molecule has 0 aromatic heterocycles. The van der Waals surface area contributed by atoms with Crippen molar-refractivity contribution in [2.24, 2.45) is 0 Å². The molecule has 0 aromatic carbocycles. The summed E-state index contributed by atoms with van der Waals surface area (Å²) in [5.41, 5.74) is 0. The molecular formula is C2H5NaO. The second kappa shape index (κ2) is 9.38. The Kier molecular flexibility index (Phi) is 11.0. The van der Waals surface area contributed by atoms with Gasteiger partial charge in [-0.1, -0.05) is 0 Å². The summed E-state index contributed by atoms with van der Waals surface area (Å²) in [7, 11) is 0. The quantitative estimate of drug-likeness (QED) is 0.278. The van der Waals surface area contributed by atoms with E-state index in [1.165, 1.54) is 0 Å². The summed E-state index contributed by atoms with van der Waals surface area (Å²) in [5, 5.41) is 0. The second-order valence-corrected chi connectivity index (χ2v) is 0.167. The van der Waals surface area contributed by atoms with Gasteiger partial charge in [-0.05, 0) is 6.90 Å². The molecule has 0 saturated heterocycles. The fraction of sp³-hybridized carbons (Fsp3) is 0.500. The average Bonchev–Trinajstić information content (AvgIpc) is 1.37. The van der Waals surface area contributed by atoms with Crippen molar-refractivity contribution in [2.75, 3.05) is 0 Å². The maximum absolute atomic E-state index is 8.99. The molecule has 0 radical (unpaired) electrons. The number of carbonyl (C=O) groups excluding carboxylic acids is 1. The van der Waals surface area contributed by atoms with E-state index < -0.39 is 0 Å². The second-order valence-electron chi connectivity index (χ2n) is 0.167. The van der Waals surface area contributed by atoms with Gasteiger partial charge in [0.05, 0.1) is 0 Å². The van der Waals surface area contributed by atoms with Crippen LogP contribution in [0.3, 0.4) is 0 Å². The summed E-state index contributed by atoms with van der Waals surface area (Å²) in [4.78, 5) is 8.99. The Balaban J connectivity index is 0. The topological polar surface area (TPSA) is 17.1 Å². The minimum atomic E-state index is -0.111. The van der Waals surface area contributed by atoms with Gasteiger partial charge in [0.1, 0.15) is 6.29 Å². The first-order valence-corrected chi connectivity index (χ1v) is 0.644. The zero-order valence-electron chi connectivity index (χ0n) is 2.69. The molecule has 2 heteroatoms. The SMILES string of the molecule is [2H]CC=O.[NaH]. The van der Waals surface area contributed by atoms with Crippen molar-refractivity contribution in [3.63, 3.8) is 0 Å². The van der Waals surface area contributed by atoms with E-state index in [0.29, 0.717) is 6.29 Å². The minimum absolute atomic E-state index is 0. The normalized spacial score (nSPS) is 6.50. The molecule has 1 nitrogen and oxygen atoms in total. The predicted octanol–water partition coefficient (Wildman–Crippen LogP) is -0.443. The van der Waals surface area contributed by atoms with E-state index in [2.05, 4.69) is 0 Å². The number of hydrogen-bond acceptors (Lipinski definition) is 1. The van der Waals surface area contributed by atoms with Gasteiger partial charge in [-0.2, -0.15) is 0 Å². The van der Waals surface area contributed by atoms with Crippen molar-refractivity contribution in [1.29, 1.82) is 0 Å². The van der Waals surface area contributed by atoms with E-state index in [9.17, 15) is 0 Å². The van der Waals surface area contributed by atoms with Gasteiger partial charge in [-0.25, -0.2) is 0 Å². The first kappa shape index (κ1) is 4.67. The Labute approximate surface area is 49.1 Å². The van der Waals surface area contributed by atoms with Crippen LogP contribution in [0.25, 0.3) is 0 Å².